The van der Waals surface area contributed by atoms with Gasteiger partial charge in [0, 0.05) is 61.4 Å². The molecule has 20 heteroatoms. The summed E-state index contributed by atoms with van der Waals surface area (Å²) in [6.45, 7) is 13.0. The van der Waals surface area contributed by atoms with Crippen LogP contribution in [0, 0.1) is 17.8 Å². The molecule has 0 spiro atoms. The maximum Gasteiger partial charge on any atom is 0.413 e. The highest BCUT2D eigenvalue weighted by Gasteiger charge is 2.49. The van der Waals surface area contributed by atoms with Crippen LogP contribution in [0.4, 0.5) is 22.1 Å². The number of carbonyl (C=O) groups is 7. The molecule has 4 N–H and O–H groups in total. The highest BCUT2D eigenvalue weighted by molar-refractivity contribution is 7.98. The van der Waals surface area contributed by atoms with Crippen molar-refractivity contribution in [3.63, 3.8) is 0 Å². The summed E-state index contributed by atoms with van der Waals surface area (Å²) in [4.78, 5) is 102. The molecule has 4 aromatic rings. The number of amides is 7. The smallest absolute Gasteiger partial charge is 0.413 e. The van der Waals surface area contributed by atoms with Crippen molar-refractivity contribution in [3.05, 3.63) is 101 Å². The monoisotopic (exact) mass is 1040 g/mol. The molecule has 1 aliphatic carbocycles. The summed E-state index contributed by atoms with van der Waals surface area (Å²) >= 11 is 1.63. The summed E-state index contributed by atoms with van der Waals surface area (Å²) in [5, 5.41) is 19.9. The molecule has 2 aromatic heterocycles. The van der Waals surface area contributed by atoms with E-state index in [0.717, 1.165) is 64.8 Å². The molecule has 3 aliphatic heterocycles. The van der Waals surface area contributed by atoms with Crippen molar-refractivity contribution in [1.82, 2.24) is 40.2 Å². The first-order valence-electron chi connectivity index (χ1n) is 26.0. The average Bonchev–Trinajstić information content (AvgIpc) is 4.05. The first kappa shape index (κ1) is 54.3. The van der Waals surface area contributed by atoms with E-state index in [1.54, 1.807) is 68.0 Å². The predicted octanol–water partition coefficient (Wildman–Crippen LogP) is 6.86. The van der Waals surface area contributed by atoms with Gasteiger partial charge < -0.3 is 25.3 Å². The number of thioether (sulfide) groups is 1. The quantitative estimate of drug-likeness (QED) is 0.0380. The van der Waals surface area contributed by atoms with E-state index in [4.69, 9.17) is 9.72 Å². The zero-order valence-electron chi connectivity index (χ0n) is 43.9. The second-order valence-electron chi connectivity index (χ2n) is 21.0. The number of rotatable bonds is 21. The summed E-state index contributed by atoms with van der Waals surface area (Å²) in [6, 6.07) is 12.9. The summed E-state index contributed by atoms with van der Waals surface area (Å²) in [5.74, 6) is 0.0774. The second-order valence-corrected chi connectivity index (χ2v) is 21.9. The van der Waals surface area contributed by atoms with Gasteiger partial charge in [-0.15, -0.1) is 22.0 Å². The Morgan fingerprint density at radius 2 is 1.63 bits per heavy atom. The lowest BCUT2D eigenvalue weighted by atomic mass is 9.58. The van der Waals surface area contributed by atoms with Gasteiger partial charge in [-0.25, -0.2) is 9.78 Å². The zero-order chi connectivity index (χ0) is 53.6. The molecule has 0 unspecified atom stereocenters. The minimum Gasteiger partial charge on any atom is -0.444 e. The lowest BCUT2D eigenvalue weighted by Crippen LogP contribution is -2.53. The first-order valence-corrected chi connectivity index (χ1v) is 27.2. The van der Waals surface area contributed by atoms with Gasteiger partial charge in [0.15, 0.2) is 0 Å². The third-order valence-corrected chi connectivity index (χ3v) is 15.4. The number of likely N-dealkylation sites (tertiary alicyclic amines) is 1. The van der Waals surface area contributed by atoms with Crippen LogP contribution in [0.2, 0.25) is 0 Å². The average molecular weight is 1040 g/mol. The fourth-order valence-corrected chi connectivity index (χ4v) is 11.4. The van der Waals surface area contributed by atoms with E-state index in [9.17, 15) is 33.6 Å². The van der Waals surface area contributed by atoms with E-state index in [1.807, 2.05) is 36.1 Å². The first-order chi connectivity index (χ1) is 35.9. The standard InChI is InChI=1S/C55H69N11O8S/c1-33(2)49(61-46(67)13-9-8-10-21-65-47(68)18-19-48(65)69)51(71)57-36(5)50(70)58-40-16-14-37(15-17-40)31-74-54(73)60-44-24-39(55(26-35(4)27-55)53-62-56-32-63(53)6)25-45(59-44)66-30-42-41(52(66)72)22-38(23-43(42)75-7)29-64-20-11-12-34(3)28-64/h14-19,22-25,32-36,49H,8-13,20-21,26-31H2,1-7H3,(H,57,71)(H,58,70)(H,61,67)(H,59,60,73)/t34-,35-,36-,49-,55+/m0/s1. The van der Waals surface area contributed by atoms with Crippen molar-refractivity contribution in [2.24, 2.45) is 24.8 Å². The molecule has 3 atom stereocenters. The molecule has 5 heterocycles. The number of benzene rings is 2. The van der Waals surface area contributed by atoms with E-state index < -0.39 is 35.4 Å². The molecule has 7 amide bonds. The lowest BCUT2D eigenvalue weighted by Gasteiger charge is -2.46. The number of fused-ring (bicyclic) bond motifs is 1. The van der Waals surface area contributed by atoms with Crippen LogP contribution < -0.4 is 26.2 Å². The number of aryl methyl sites for hydroxylation is 1. The van der Waals surface area contributed by atoms with Crippen LogP contribution in [0.5, 0.6) is 0 Å². The van der Waals surface area contributed by atoms with Crippen LogP contribution in [-0.2, 0) is 60.9 Å². The number of hydrogen-bond donors (Lipinski definition) is 4. The molecule has 2 fully saturated rings. The van der Waals surface area contributed by atoms with Crippen LogP contribution in [0.3, 0.4) is 0 Å². The number of ether oxygens (including phenoxy) is 1. The second kappa shape index (κ2) is 23.7. The largest absolute Gasteiger partial charge is 0.444 e. The van der Waals surface area contributed by atoms with Gasteiger partial charge in [0.1, 0.15) is 42.5 Å². The fraction of sp³-hybridized carbons (Fsp3) is 0.491. The van der Waals surface area contributed by atoms with Crippen LogP contribution in [-0.4, -0.2) is 109 Å². The Morgan fingerprint density at radius 3 is 2.29 bits per heavy atom. The number of unbranched alkanes of at least 4 members (excludes halogenated alkanes) is 2. The van der Waals surface area contributed by atoms with Crippen molar-refractivity contribution in [3.8, 4) is 0 Å². The van der Waals surface area contributed by atoms with Crippen LogP contribution in [0.25, 0.3) is 0 Å². The van der Waals surface area contributed by atoms with Crippen LogP contribution in [0.1, 0.15) is 124 Å². The minimum absolute atomic E-state index is 0.101. The Labute approximate surface area is 442 Å². The van der Waals surface area contributed by atoms with E-state index in [0.29, 0.717) is 60.3 Å². The molecule has 8 rings (SSSR count). The van der Waals surface area contributed by atoms with Gasteiger partial charge in [0.2, 0.25) is 17.7 Å². The topological polar surface area (TPSA) is 230 Å². The summed E-state index contributed by atoms with van der Waals surface area (Å²) < 4.78 is 7.61. The molecular formula is C55H69N11O8S. The summed E-state index contributed by atoms with van der Waals surface area (Å²) in [5.41, 5.74) is 4.16. The molecule has 398 valence electrons. The minimum atomic E-state index is -0.943. The van der Waals surface area contributed by atoms with E-state index in [1.165, 1.54) is 25.0 Å². The van der Waals surface area contributed by atoms with Gasteiger partial charge >= 0.3 is 6.09 Å². The van der Waals surface area contributed by atoms with Crippen molar-refractivity contribution < 1.29 is 38.3 Å². The normalized spacial score (nSPS) is 20.2. The molecule has 0 radical (unpaired) electrons. The van der Waals surface area contributed by atoms with E-state index in [-0.39, 0.29) is 54.9 Å². The molecule has 75 heavy (non-hydrogen) atoms. The number of piperidine rings is 1. The molecule has 0 bridgehead atoms. The Morgan fingerprint density at radius 1 is 0.880 bits per heavy atom. The van der Waals surface area contributed by atoms with Gasteiger partial charge in [0.25, 0.3) is 17.7 Å². The van der Waals surface area contributed by atoms with Crippen molar-refractivity contribution >= 4 is 70.6 Å². The SMILES string of the molecule is CSc1cc(CN2CCC[C@H](C)C2)cc2c1CN(c1cc([C@]3(c4nncn4C)C[C@@H](C)C3)cc(NC(=O)OCc3ccc(NC(=O)[C@H](C)NC(=O)[C@@H](NC(=O)CCCCCN4C(=O)C=CC4=O)C(C)C)cc3)n1)C2=O. The number of hydrogen-bond acceptors (Lipinski definition) is 13. The van der Waals surface area contributed by atoms with E-state index >= 15 is 0 Å². The molecule has 4 aliphatic rings. The third-order valence-electron chi connectivity index (χ3n) is 14.6. The molecule has 19 nitrogen and oxygen atoms in total. The number of carbonyl (C=O) groups excluding carboxylic acids is 7. The van der Waals surface area contributed by atoms with Gasteiger partial charge in [-0.3, -0.25) is 48.8 Å². The predicted molar refractivity (Wildman–Crippen MR) is 284 cm³/mol. The van der Waals surface area contributed by atoms with Gasteiger partial charge in [-0.1, -0.05) is 46.2 Å². The lowest BCUT2D eigenvalue weighted by molar-refractivity contribution is -0.137. The van der Waals surface area contributed by atoms with Gasteiger partial charge in [-0.05, 0) is 135 Å². The Kier molecular flexibility index (Phi) is 17.2. The fourth-order valence-electron chi connectivity index (χ4n) is 10.7. The van der Waals surface area contributed by atoms with Crippen molar-refractivity contribution in [2.75, 3.05) is 41.4 Å². The van der Waals surface area contributed by atoms with Crippen molar-refractivity contribution in [2.45, 2.75) is 128 Å². The maximum absolute atomic E-state index is 14.5. The third kappa shape index (κ3) is 12.8. The van der Waals surface area contributed by atoms with Crippen LogP contribution >= 0.6 is 11.8 Å². The maximum atomic E-state index is 14.5. The molecule has 1 saturated carbocycles. The molecule has 1 saturated heterocycles. The zero-order valence-corrected chi connectivity index (χ0v) is 44.8. The summed E-state index contributed by atoms with van der Waals surface area (Å²) in [6.07, 6.45) is 11.3. The van der Waals surface area contributed by atoms with Gasteiger partial charge in [-0.2, -0.15) is 0 Å². The highest BCUT2D eigenvalue weighted by atomic mass is 32.2. The number of imide groups is 1. The number of nitrogens with zero attached hydrogens (tertiary/aromatic N) is 7. The molecule has 2 aromatic carbocycles. The Bertz CT molecular complexity index is 2830. The molecular weight excluding hydrogens is 975 g/mol. The van der Waals surface area contributed by atoms with Crippen molar-refractivity contribution in [1.29, 1.82) is 0 Å². The Hall–Kier alpha value is -6.93. The highest BCUT2D eigenvalue weighted by Crippen LogP contribution is 2.52. The number of pyridine rings is 1. The van der Waals surface area contributed by atoms with Crippen LogP contribution in [0.15, 0.2) is 71.9 Å². The number of nitrogens with one attached hydrogen (secondary N) is 4. The van der Waals surface area contributed by atoms with E-state index in [2.05, 4.69) is 56.3 Å². The number of anilines is 3. The summed E-state index contributed by atoms with van der Waals surface area (Å²) in [7, 11) is 1.92. The van der Waals surface area contributed by atoms with Gasteiger partial charge in [0.05, 0.1) is 12.0 Å². The Balaban J connectivity index is 0.874. The number of aromatic nitrogens is 4.